The third-order valence-electron chi connectivity index (χ3n) is 4.23. The van der Waals surface area contributed by atoms with Gasteiger partial charge in [-0.05, 0) is 38.5 Å². The maximum atomic E-state index is 12.6. The third-order valence-corrected chi connectivity index (χ3v) is 6.93. The first-order valence-electron chi connectivity index (χ1n) is 5.70. The van der Waals surface area contributed by atoms with Crippen LogP contribution in [0.15, 0.2) is 23.1 Å². The number of rotatable bonds is 2. The van der Waals surface area contributed by atoms with Gasteiger partial charge in [-0.1, -0.05) is 6.07 Å². The number of benzene rings is 1. The van der Waals surface area contributed by atoms with Gasteiger partial charge in [0.2, 0.25) is 0 Å². The van der Waals surface area contributed by atoms with Gasteiger partial charge < -0.3 is 5.73 Å². The van der Waals surface area contributed by atoms with E-state index in [2.05, 4.69) is 0 Å². The van der Waals surface area contributed by atoms with Gasteiger partial charge in [0.05, 0.1) is 7.05 Å². The van der Waals surface area contributed by atoms with Crippen molar-refractivity contribution in [3.8, 4) is 0 Å². The molecule has 1 fully saturated rings. The van der Waals surface area contributed by atoms with Crippen LogP contribution in [0.25, 0.3) is 0 Å². The molecule has 1 saturated heterocycles. The van der Waals surface area contributed by atoms with E-state index in [1.54, 1.807) is 32.2 Å². The van der Waals surface area contributed by atoms with Crippen molar-refractivity contribution in [3.05, 3.63) is 23.8 Å². The Morgan fingerprint density at radius 1 is 1.24 bits per heavy atom. The van der Waals surface area contributed by atoms with Crippen molar-refractivity contribution in [2.24, 2.45) is 0 Å². The van der Waals surface area contributed by atoms with Crippen LogP contribution in [0.5, 0.6) is 0 Å². The van der Waals surface area contributed by atoms with E-state index in [-0.39, 0.29) is 16.0 Å². The van der Waals surface area contributed by atoms with Crippen LogP contribution in [0, 0.1) is 6.92 Å². The van der Waals surface area contributed by atoms with Gasteiger partial charge in [0.15, 0.2) is 12.1 Å². The van der Waals surface area contributed by atoms with Gasteiger partial charge in [-0.15, -0.1) is 0 Å². The molecule has 4 nitrogen and oxygen atoms in total. The second kappa shape index (κ2) is 3.46. The predicted molar refractivity (Wildman–Crippen MR) is 67.9 cm³/mol. The van der Waals surface area contributed by atoms with Gasteiger partial charge in [-0.3, -0.25) is 0 Å². The highest BCUT2D eigenvalue weighted by molar-refractivity contribution is 7.86. The molecule has 0 radical (unpaired) electrons. The number of quaternary nitrogens is 1. The Kier molecular flexibility index (Phi) is 2.52. The highest BCUT2D eigenvalue weighted by atomic mass is 32.2. The predicted octanol–water partition coefficient (Wildman–Crippen LogP) is 1.50. The molecule has 94 valence electrons. The second-order valence-electron chi connectivity index (χ2n) is 5.04. The Hall–Kier alpha value is -1.07. The van der Waals surface area contributed by atoms with E-state index in [4.69, 9.17) is 5.73 Å². The van der Waals surface area contributed by atoms with E-state index in [1.165, 1.54) is 0 Å². The first-order valence-corrected chi connectivity index (χ1v) is 7.14. The highest BCUT2D eigenvalue weighted by Crippen LogP contribution is 2.44. The minimum absolute atomic E-state index is 0.0806. The molecule has 0 amide bonds. The Balaban J connectivity index is 2.58. The summed E-state index contributed by atoms with van der Waals surface area (Å²) in [5.41, 5.74) is 6.93. The lowest BCUT2D eigenvalue weighted by Gasteiger charge is -2.16. The number of aryl methyl sites for hydroxylation is 1. The van der Waals surface area contributed by atoms with Crippen molar-refractivity contribution in [1.29, 1.82) is 0 Å². The van der Waals surface area contributed by atoms with Crippen LogP contribution in [-0.4, -0.2) is 31.4 Å². The normalized spacial score (nSPS) is 32.5. The molecule has 0 saturated carbocycles. The minimum atomic E-state index is -3.36. The van der Waals surface area contributed by atoms with Crippen molar-refractivity contribution in [2.75, 3.05) is 12.8 Å². The van der Waals surface area contributed by atoms with Crippen LogP contribution in [0.4, 0.5) is 5.69 Å². The van der Waals surface area contributed by atoms with E-state index >= 15 is 0 Å². The Bertz CT molecular complexity index is 558. The molecular formula is C12H19N2O2S+. The van der Waals surface area contributed by atoms with Gasteiger partial charge in [-0.2, -0.15) is 8.42 Å². The SMILES string of the molecule is Cc1ccc(N)cc1S(=O)(=O)[N+]1(C)C(C)C1C. The van der Waals surface area contributed by atoms with Crippen LogP contribution < -0.4 is 5.73 Å². The molecule has 1 heterocycles. The molecule has 2 rings (SSSR count). The van der Waals surface area contributed by atoms with Crippen molar-refractivity contribution in [3.63, 3.8) is 0 Å². The minimum Gasteiger partial charge on any atom is -0.399 e. The standard InChI is InChI=1S/C12H19N2O2S/c1-8-5-6-11(13)7-12(8)17(15,16)14(4)9(2)10(14)3/h5-7,9-10H,13H2,1-4H3/q+1. The summed E-state index contributed by atoms with van der Waals surface area (Å²) in [5, 5.41) is 0. The fraction of sp³-hybridized carbons (Fsp3) is 0.500. The summed E-state index contributed by atoms with van der Waals surface area (Å²) in [7, 11) is -1.59. The summed E-state index contributed by atoms with van der Waals surface area (Å²) >= 11 is 0. The summed E-state index contributed by atoms with van der Waals surface area (Å²) in [5.74, 6) is 0. The van der Waals surface area contributed by atoms with Crippen LogP contribution in [-0.2, 0) is 10.0 Å². The van der Waals surface area contributed by atoms with E-state index < -0.39 is 10.0 Å². The Morgan fingerprint density at radius 3 is 2.24 bits per heavy atom. The maximum Gasteiger partial charge on any atom is 0.328 e. The quantitative estimate of drug-likeness (QED) is 0.495. The lowest BCUT2D eigenvalue weighted by molar-refractivity contribution is -0.665. The number of nitrogens with zero attached hydrogens (tertiary/aromatic N) is 1. The van der Waals surface area contributed by atoms with Crippen LogP contribution >= 0.6 is 0 Å². The fourth-order valence-electron chi connectivity index (χ4n) is 2.38. The summed E-state index contributed by atoms with van der Waals surface area (Å²) in [6, 6.07) is 5.32. The summed E-state index contributed by atoms with van der Waals surface area (Å²) in [4.78, 5) is 0.358. The topological polar surface area (TPSA) is 60.2 Å². The van der Waals surface area contributed by atoms with Crippen molar-refractivity contribution >= 4 is 15.7 Å². The van der Waals surface area contributed by atoms with Crippen molar-refractivity contribution in [1.82, 2.24) is 0 Å². The van der Waals surface area contributed by atoms with Gasteiger partial charge in [-0.25, -0.2) is 3.89 Å². The number of likely N-dealkylation sites (N-methyl/N-ethyl adjacent to an activating group) is 1. The second-order valence-corrected chi connectivity index (χ2v) is 7.22. The van der Waals surface area contributed by atoms with Crippen molar-refractivity contribution < 1.29 is 12.3 Å². The number of nitrogens with two attached hydrogens (primary N) is 1. The zero-order valence-electron chi connectivity index (χ0n) is 10.6. The number of hydrogen-bond acceptors (Lipinski definition) is 3. The smallest absolute Gasteiger partial charge is 0.328 e. The first-order chi connectivity index (χ1) is 7.73. The number of sulfonamides is 1. The molecular weight excluding hydrogens is 236 g/mol. The third kappa shape index (κ3) is 1.49. The molecule has 2 unspecified atom stereocenters. The van der Waals surface area contributed by atoms with Gasteiger partial charge in [0, 0.05) is 5.69 Å². The average molecular weight is 255 g/mol. The molecule has 0 aliphatic carbocycles. The molecule has 2 atom stereocenters. The van der Waals surface area contributed by atoms with E-state index in [9.17, 15) is 8.42 Å². The maximum absolute atomic E-state index is 12.6. The number of hydrogen-bond donors (Lipinski definition) is 1. The molecule has 0 spiro atoms. The largest absolute Gasteiger partial charge is 0.399 e. The molecule has 17 heavy (non-hydrogen) atoms. The van der Waals surface area contributed by atoms with E-state index in [0.29, 0.717) is 10.6 Å². The number of anilines is 1. The van der Waals surface area contributed by atoms with Gasteiger partial charge >= 0.3 is 10.0 Å². The summed E-state index contributed by atoms with van der Waals surface area (Å²) in [6.07, 6.45) is 0. The monoisotopic (exact) mass is 255 g/mol. The van der Waals surface area contributed by atoms with E-state index in [1.807, 2.05) is 13.8 Å². The summed E-state index contributed by atoms with van der Waals surface area (Å²) < 4.78 is 25.3. The molecule has 1 aliphatic rings. The lowest BCUT2D eigenvalue weighted by atomic mass is 10.2. The van der Waals surface area contributed by atoms with Crippen LogP contribution in [0.2, 0.25) is 0 Å². The average Bonchev–Trinajstić information content (AvgIpc) is 2.75. The molecule has 2 N–H and O–H groups in total. The molecule has 0 aromatic heterocycles. The molecule has 5 heteroatoms. The van der Waals surface area contributed by atoms with Gasteiger partial charge in [0.1, 0.15) is 4.90 Å². The van der Waals surface area contributed by atoms with Crippen LogP contribution in [0.3, 0.4) is 0 Å². The lowest BCUT2D eigenvalue weighted by Crippen LogP contribution is -2.33. The molecule has 1 aromatic carbocycles. The molecule has 1 aliphatic heterocycles. The fourth-order valence-corrected chi connectivity index (χ4v) is 4.74. The van der Waals surface area contributed by atoms with Crippen LogP contribution in [0.1, 0.15) is 19.4 Å². The van der Waals surface area contributed by atoms with E-state index in [0.717, 1.165) is 5.56 Å². The Labute approximate surface area is 103 Å². The first kappa shape index (κ1) is 12.4. The van der Waals surface area contributed by atoms with Gasteiger partial charge in [0.25, 0.3) is 0 Å². The molecule has 0 bridgehead atoms. The summed E-state index contributed by atoms with van der Waals surface area (Å²) in [6.45, 7) is 5.73. The van der Waals surface area contributed by atoms with Crippen molar-refractivity contribution in [2.45, 2.75) is 37.8 Å². The zero-order valence-corrected chi connectivity index (χ0v) is 11.5. The molecule has 1 aromatic rings. The highest BCUT2D eigenvalue weighted by Gasteiger charge is 2.66. The number of nitrogen functional groups attached to an aromatic ring is 1. The Morgan fingerprint density at radius 2 is 1.76 bits per heavy atom. The zero-order chi connectivity index (χ0) is 13.0.